The molecule has 6 heteroatoms. The number of fused-ring (bicyclic) bond motifs is 12. The van der Waals surface area contributed by atoms with Gasteiger partial charge in [0, 0.05) is 43.1 Å². The van der Waals surface area contributed by atoms with Crippen LogP contribution in [0.3, 0.4) is 0 Å². The van der Waals surface area contributed by atoms with E-state index < -0.39 is 314 Å². The molecule has 9 aromatic carbocycles. The van der Waals surface area contributed by atoms with Gasteiger partial charge in [0.15, 0.2) is 0 Å². The Morgan fingerprint density at radius 1 is 0.258 bits per heavy atom. The lowest BCUT2D eigenvalue weighted by atomic mass is 9.98. The highest BCUT2D eigenvalue weighted by Gasteiger charge is 2.34. The van der Waals surface area contributed by atoms with Crippen molar-refractivity contribution >= 4 is 87.2 Å². The fourth-order valence-corrected chi connectivity index (χ4v) is 8.35. The van der Waals surface area contributed by atoms with Crippen LogP contribution in [0.25, 0.3) is 110 Å². The molecule has 0 spiro atoms. The monoisotopic (exact) mass is 820 g/mol. The highest BCUT2D eigenvalue weighted by atomic mass is 15.1. The van der Waals surface area contributed by atoms with Crippen LogP contribution in [0.2, 0.25) is 0 Å². The Morgan fingerprint density at radius 3 is 0.597 bits per heavy atom. The van der Waals surface area contributed by atoms with Crippen molar-refractivity contribution in [2.45, 2.75) is 0 Å². The Labute approximate surface area is 399 Å². The van der Waals surface area contributed by atoms with Crippen molar-refractivity contribution in [2.24, 2.45) is 0 Å². The third kappa shape index (κ3) is 4.39. The highest BCUT2D eigenvalue weighted by Crippen LogP contribution is 2.49. The van der Waals surface area contributed by atoms with Gasteiger partial charge in [-0.2, -0.15) is 10.5 Å². The molecule has 286 valence electrons. The molecule has 0 aliphatic heterocycles. The highest BCUT2D eigenvalue weighted by molar-refractivity contribution is 6.16. The lowest BCUT2D eigenvalue weighted by Crippen LogP contribution is -2.17. The summed E-state index contributed by atoms with van der Waals surface area (Å²) in [5.41, 5.74) is -14.7. The van der Waals surface area contributed by atoms with Crippen molar-refractivity contribution in [3.63, 3.8) is 0 Å². The summed E-state index contributed by atoms with van der Waals surface area (Å²) < 4.78 is 303. The maximum absolute atomic E-state index is 12.4. The smallest absolute Gasteiger partial charge is 0.103 e. The molecule has 0 amide bonds. The topological polar surface area (TPSA) is 67.3 Å². The second kappa shape index (κ2) is 12.8. The molecule has 0 N–H and O–H groups in total. The molecule has 0 saturated heterocycles. The summed E-state index contributed by atoms with van der Waals surface area (Å²) in [6.45, 7) is 0. The molecule has 0 saturated carbocycles. The van der Waals surface area contributed by atoms with E-state index in [1.165, 1.54) is 0 Å². The quantitative estimate of drug-likeness (QED) is 0.177. The van der Waals surface area contributed by atoms with Gasteiger partial charge in [0.25, 0.3) is 0 Å². The minimum Gasteiger partial charge on any atom is -0.306 e. The normalized spacial score (nSPS) is 19.1. The van der Waals surface area contributed by atoms with E-state index in [0.29, 0.717) is 18.3 Å². The standard InChI is InChI=1S/C56H32N6/c57-33-43-44(34-58)54(60-47-27-11-3-19-37(47)38-20-4-12-28-48(38)60)56(62-51-31-15-7-23-41(51)42-24-8-16-32-52(42)62)55(61-49-29-13-5-21-39(49)40-22-6-14-30-50(40)61)53(43)59-45-25-9-1-17-35(45)36-18-2-10-26-46(36)59/h1-32H/i1D,2D,3D,4D,5D,6D,7D,8D,9D,10D,11D,12D,13D,14D,15D,16D,17D,18D,19D,20D,21D,22D,23D,24D,25D,26D,27D,28D,29D,30D,31D,32D. The lowest BCUT2D eigenvalue weighted by molar-refractivity contribution is 1.01. The van der Waals surface area contributed by atoms with E-state index in [9.17, 15) is 37.9 Å². The molecule has 0 bridgehead atoms. The Balaban J connectivity index is 1.59. The Kier molecular flexibility index (Phi) is 3.17. The molecule has 13 rings (SSSR count). The minimum atomic E-state index is -1.23. The third-order valence-electron chi connectivity index (χ3n) is 10.6. The lowest BCUT2D eigenvalue weighted by Gasteiger charge is -2.27. The number of hydrogen-bond acceptors (Lipinski definition) is 2. The van der Waals surface area contributed by atoms with Gasteiger partial charge in [-0.05, 0) is 48.3 Å². The average molecular weight is 821 g/mol. The number of benzene rings is 9. The summed E-state index contributed by atoms with van der Waals surface area (Å²) in [6.07, 6.45) is 0. The number of rotatable bonds is 4. The fraction of sp³-hybridized carbons (Fsp3) is 0. The van der Waals surface area contributed by atoms with Gasteiger partial charge in [0.05, 0.1) is 122 Å². The SMILES string of the molecule is [2H]c1c([2H])c([2H])c2c(c1[2H])c1c([2H])c([2H])c([2H])c([2H])c1n2-c1c(C#N)c(C#N)c(-n2c3c([2H])c([2H])c([2H])c([2H])c3c3c([2H])c([2H])c([2H])c([2H])c32)c(-n2c3c([2H])c([2H])c([2H])c([2H])c3c3c([2H])c([2H])c([2H])c([2H])c32)c1-n1c2c([2H])c([2H])c([2H])c([2H])c2c2c([2H])c([2H])c([2H])c([2H])c21. The van der Waals surface area contributed by atoms with E-state index in [2.05, 4.69) is 0 Å². The van der Waals surface area contributed by atoms with Crippen LogP contribution in [-0.2, 0) is 0 Å². The molecule has 62 heavy (non-hydrogen) atoms. The van der Waals surface area contributed by atoms with Gasteiger partial charge in [0.1, 0.15) is 12.1 Å². The molecule has 0 aliphatic carbocycles. The van der Waals surface area contributed by atoms with Gasteiger partial charge in [-0.1, -0.05) is 145 Å². The summed E-state index contributed by atoms with van der Waals surface area (Å²) in [5.74, 6) is 0. The molecule has 0 radical (unpaired) electrons. The number of hydrogen-bond donors (Lipinski definition) is 0. The zero-order valence-electron chi connectivity index (χ0n) is 62.7. The van der Waals surface area contributed by atoms with Crippen LogP contribution >= 0.6 is 0 Å². The first-order valence-corrected chi connectivity index (χ1v) is 18.1. The molecule has 0 fully saturated rings. The molecule has 4 aromatic heterocycles. The Hall–Kier alpha value is -8.84. The van der Waals surface area contributed by atoms with Crippen LogP contribution in [0.5, 0.6) is 0 Å². The third-order valence-corrected chi connectivity index (χ3v) is 10.6. The first kappa shape index (κ1) is 15.3. The van der Waals surface area contributed by atoms with E-state index in [1.54, 1.807) is 0 Å². The Bertz CT molecular complexity index is 5370. The summed E-state index contributed by atoms with van der Waals surface area (Å²) in [5, 5.41) is 18.5. The molecule has 0 aliphatic rings. The van der Waals surface area contributed by atoms with Crippen molar-refractivity contribution in [1.29, 1.82) is 10.5 Å². The van der Waals surface area contributed by atoms with Crippen LogP contribution in [0.1, 0.15) is 55.0 Å². The average Bonchev–Trinajstić information content (AvgIpc) is 1.48. The van der Waals surface area contributed by atoms with E-state index >= 15 is 0 Å². The largest absolute Gasteiger partial charge is 0.306 e. The molecule has 0 atom stereocenters. The summed E-state index contributed by atoms with van der Waals surface area (Å²) >= 11 is 0. The van der Waals surface area contributed by atoms with Crippen molar-refractivity contribution < 1.29 is 43.9 Å². The van der Waals surface area contributed by atoms with E-state index in [4.69, 9.17) is 16.4 Å². The number of para-hydroxylation sites is 8. The van der Waals surface area contributed by atoms with E-state index in [-0.39, 0.29) is 0 Å². The van der Waals surface area contributed by atoms with Crippen LogP contribution in [-0.4, -0.2) is 18.3 Å². The molecule has 6 nitrogen and oxygen atoms in total. The maximum Gasteiger partial charge on any atom is 0.103 e. The van der Waals surface area contributed by atoms with Crippen molar-refractivity contribution in [3.8, 4) is 34.9 Å². The predicted molar refractivity (Wildman–Crippen MR) is 253 cm³/mol. The van der Waals surface area contributed by atoms with Gasteiger partial charge >= 0.3 is 0 Å². The summed E-state index contributed by atoms with van der Waals surface area (Å²) in [7, 11) is 0. The molecular weight excluding hydrogens is 757 g/mol. The number of nitriles is 2. The summed E-state index contributed by atoms with van der Waals surface area (Å²) in [6, 6.07) is -31.3. The molecular formula is C56H32N6. The number of aromatic nitrogens is 4. The van der Waals surface area contributed by atoms with Gasteiger partial charge < -0.3 is 18.3 Å². The first-order valence-electron chi connectivity index (χ1n) is 34.1. The zero-order valence-corrected chi connectivity index (χ0v) is 30.7. The second-order valence-electron chi connectivity index (χ2n) is 13.5. The molecule has 13 aromatic rings. The van der Waals surface area contributed by atoms with E-state index in [1.807, 2.05) is 12.1 Å². The van der Waals surface area contributed by atoms with E-state index in [0.717, 1.165) is 0 Å². The van der Waals surface area contributed by atoms with Crippen LogP contribution in [0.15, 0.2) is 193 Å². The fourth-order valence-electron chi connectivity index (χ4n) is 8.35. The van der Waals surface area contributed by atoms with Crippen molar-refractivity contribution in [3.05, 3.63) is 204 Å². The molecule has 0 unspecified atom stereocenters. The van der Waals surface area contributed by atoms with Crippen molar-refractivity contribution in [2.75, 3.05) is 0 Å². The van der Waals surface area contributed by atoms with Crippen molar-refractivity contribution in [1.82, 2.24) is 18.3 Å². The maximum atomic E-state index is 12.4. The van der Waals surface area contributed by atoms with Gasteiger partial charge in [-0.25, -0.2) is 0 Å². The minimum absolute atomic E-state index is 0.596. The van der Waals surface area contributed by atoms with Crippen LogP contribution < -0.4 is 0 Å². The van der Waals surface area contributed by atoms with Crippen LogP contribution in [0, 0.1) is 22.7 Å². The van der Waals surface area contributed by atoms with Gasteiger partial charge in [-0.3, -0.25) is 0 Å². The Morgan fingerprint density at radius 2 is 0.419 bits per heavy atom. The second-order valence-corrected chi connectivity index (χ2v) is 13.5. The zero-order chi connectivity index (χ0) is 68.9. The summed E-state index contributed by atoms with van der Waals surface area (Å²) in [4.78, 5) is 0. The van der Waals surface area contributed by atoms with Gasteiger partial charge in [-0.15, -0.1) is 0 Å². The predicted octanol–water partition coefficient (Wildman–Crippen LogP) is 13.8. The molecule has 4 heterocycles. The van der Waals surface area contributed by atoms with Crippen LogP contribution in [0.4, 0.5) is 0 Å². The number of nitrogens with zero attached hydrogens (tertiary/aromatic N) is 6. The van der Waals surface area contributed by atoms with Gasteiger partial charge in [0.2, 0.25) is 0 Å². The first-order chi connectivity index (χ1) is 44.0.